The molecule has 3 aromatic rings. The molecule has 0 radical (unpaired) electrons. The monoisotopic (exact) mass is 546 g/mol. The van der Waals surface area contributed by atoms with E-state index in [2.05, 4.69) is 0 Å². The number of ether oxygens (including phenoxy) is 6. The molecule has 10 heteroatoms. The normalized spacial score (nSPS) is 11.1. The molecule has 0 aliphatic heterocycles. The molecular formula is C28H34O9S. The standard InChI is InChI=1S/C28H34O9S/c1-8-36-38(29,30)25-14-9-18(2)15-22(25)37-21-13-12-20(26(33-5)28(21)35-7)11-10-19-16-23(31-3)27(34-6)24(17-19)32-4/h9,12-17H,8,10-11H2,1-7H3. The van der Waals surface area contributed by atoms with Gasteiger partial charge in [0.25, 0.3) is 0 Å². The third-order valence-electron chi connectivity index (χ3n) is 5.83. The predicted molar refractivity (Wildman–Crippen MR) is 143 cm³/mol. The number of rotatable bonds is 13. The minimum atomic E-state index is -4.00. The Morgan fingerprint density at radius 2 is 1.29 bits per heavy atom. The first-order valence-corrected chi connectivity index (χ1v) is 13.3. The van der Waals surface area contributed by atoms with Crippen LogP contribution in [0.25, 0.3) is 0 Å². The van der Waals surface area contributed by atoms with E-state index in [1.807, 2.05) is 25.1 Å². The Hall–Kier alpha value is -3.63. The van der Waals surface area contributed by atoms with Crippen LogP contribution < -0.4 is 28.4 Å². The summed E-state index contributed by atoms with van der Waals surface area (Å²) in [7, 11) is 3.76. The summed E-state index contributed by atoms with van der Waals surface area (Å²) in [4.78, 5) is -0.0718. The van der Waals surface area contributed by atoms with E-state index in [4.69, 9.17) is 32.6 Å². The van der Waals surface area contributed by atoms with Crippen LogP contribution in [0.1, 0.15) is 23.6 Å². The van der Waals surface area contributed by atoms with Crippen LogP contribution in [0.3, 0.4) is 0 Å². The van der Waals surface area contributed by atoms with E-state index in [1.54, 1.807) is 53.6 Å². The lowest BCUT2D eigenvalue weighted by molar-refractivity contribution is 0.323. The fourth-order valence-electron chi connectivity index (χ4n) is 4.08. The van der Waals surface area contributed by atoms with Gasteiger partial charge in [-0.05, 0) is 73.7 Å². The maximum absolute atomic E-state index is 12.7. The van der Waals surface area contributed by atoms with Crippen molar-refractivity contribution in [2.24, 2.45) is 0 Å². The molecule has 0 bridgehead atoms. The summed E-state index contributed by atoms with van der Waals surface area (Å²) < 4.78 is 64.1. The first-order chi connectivity index (χ1) is 18.2. The highest BCUT2D eigenvalue weighted by Gasteiger charge is 2.24. The lowest BCUT2D eigenvalue weighted by Gasteiger charge is -2.19. The lowest BCUT2D eigenvalue weighted by atomic mass is 10.0. The van der Waals surface area contributed by atoms with Crippen LogP contribution in [-0.4, -0.2) is 50.6 Å². The highest BCUT2D eigenvalue weighted by Crippen LogP contribution is 2.44. The first kappa shape index (κ1) is 28.9. The number of aryl methyl sites for hydroxylation is 3. The summed E-state index contributed by atoms with van der Waals surface area (Å²) in [5.74, 6) is 2.94. The van der Waals surface area contributed by atoms with Crippen LogP contribution in [0, 0.1) is 6.92 Å². The molecule has 0 atom stereocenters. The van der Waals surface area contributed by atoms with Crippen LogP contribution in [0.5, 0.6) is 40.2 Å². The van der Waals surface area contributed by atoms with Crippen LogP contribution in [0.2, 0.25) is 0 Å². The Morgan fingerprint density at radius 1 is 0.658 bits per heavy atom. The molecule has 3 aromatic carbocycles. The van der Waals surface area contributed by atoms with Gasteiger partial charge in [0.2, 0.25) is 11.5 Å². The van der Waals surface area contributed by atoms with Crippen molar-refractivity contribution in [2.75, 3.05) is 42.2 Å². The molecule has 0 saturated carbocycles. The molecular weight excluding hydrogens is 512 g/mol. The number of methoxy groups -OCH3 is 5. The molecule has 0 aromatic heterocycles. The average Bonchev–Trinajstić information content (AvgIpc) is 2.90. The molecule has 206 valence electrons. The fourth-order valence-corrected chi connectivity index (χ4v) is 5.10. The molecule has 0 aliphatic carbocycles. The SMILES string of the molecule is CCOS(=O)(=O)c1ccc(C)cc1Oc1ccc(CCc2cc(OC)c(OC)c(OC)c2)c(OC)c1OC. The number of hydrogen-bond donors (Lipinski definition) is 0. The molecule has 0 saturated heterocycles. The van der Waals surface area contributed by atoms with E-state index in [-0.39, 0.29) is 17.3 Å². The summed E-state index contributed by atoms with van der Waals surface area (Å²) in [6.07, 6.45) is 1.25. The second-order valence-electron chi connectivity index (χ2n) is 8.24. The second kappa shape index (κ2) is 12.7. The quantitative estimate of drug-likeness (QED) is 0.263. The van der Waals surface area contributed by atoms with Gasteiger partial charge in [0.1, 0.15) is 10.6 Å². The Bertz CT molecular complexity index is 1340. The molecule has 38 heavy (non-hydrogen) atoms. The zero-order valence-corrected chi connectivity index (χ0v) is 23.6. The molecule has 0 amide bonds. The summed E-state index contributed by atoms with van der Waals surface area (Å²) in [5.41, 5.74) is 2.67. The van der Waals surface area contributed by atoms with Gasteiger partial charge in [-0.3, -0.25) is 4.18 Å². The van der Waals surface area contributed by atoms with Gasteiger partial charge < -0.3 is 28.4 Å². The maximum Gasteiger partial charge on any atom is 0.300 e. The molecule has 3 rings (SSSR count). The van der Waals surface area contributed by atoms with Gasteiger partial charge in [-0.25, -0.2) is 0 Å². The van der Waals surface area contributed by atoms with Crippen molar-refractivity contribution in [3.8, 4) is 40.2 Å². The minimum absolute atomic E-state index is 0.00738. The molecule has 0 spiro atoms. The van der Waals surface area contributed by atoms with E-state index in [9.17, 15) is 8.42 Å². The average molecular weight is 547 g/mol. The molecule has 0 unspecified atom stereocenters. The highest BCUT2D eigenvalue weighted by molar-refractivity contribution is 7.86. The molecule has 0 N–H and O–H groups in total. The zero-order chi connectivity index (χ0) is 27.9. The van der Waals surface area contributed by atoms with Crippen molar-refractivity contribution >= 4 is 10.1 Å². The summed E-state index contributed by atoms with van der Waals surface area (Å²) in [6.45, 7) is 3.46. The van der Waals surface area contributed by atoms with Crippen molar-refractivity contribution in [3.63, 3.8) is 0 Å². The van der Waals surface area contributed by atoms with Gasteiger partial charge >= 0.3 is 10.1 Å². The number of benzene rings is 3. The van der Waals surface area contributed by atoms with Crippen LogP contribution in [0.4, 0.5) is 0 Å². The van der Waals surface area contributed by atoms with E-state index in [0.29, 0.717) is 47.3 Å². The molecule has 9 nitrogen and oxygen atoms in total. The fraction of sp³-hybridized carbons (Fsp3) is 0.357. The van der Waals surface area contributed by atoms with Gasteiger partial charge in [0.15, 0.2) is 23.0 Å². The van der Waals surface area contributed by atoms with Gasteiger partial charge in [-0.15, -0.1) is 0 Å². The van der Waals surface area contributed by atoms with E-state index in [1.165, 1.54) is 13.2 Å². The Morgan fingerprint density at radius 3 is 1.84 bits per heavy atom. The minimum Gasteiger partial charge on any atom is -0.493 e. The van der Waals surface area contributed by atoms with Crippen molar-refractivity contribution < 1.29 is 41.0 Å². The van der Waals surface area contributed by atoms with Gasteiger partial charge in [-0.2, -0.15) is 8.42 Å². The Labute approximate surface area is 224 Å². The third-order valence-corrected chi connectivity index (χ3v) is 7.26. The Balaban J connectivity index is 1.96. The topological polar surface area (TPSA) is 98.8 Å². The second-order valence-corrected chi connectivity index (χ2v) is 9.82. The van der Waals surface area contributed by atoms with Gasteiger partial charge in [-0.1, -0.05) is 12.1 Å². The highest BCUT2D eigenvalue weighted by atomic mass is 32.2. The molecule has 0 heterocycles. The first-order valence-electron chi connectivity index (χ1n) is 11.9. The van der Waals surface area contributed by atoms with Gasteiger partial charge in [0, 0.05) is 0 Å². The van der Waals surface area contributed by atoms with E-state index >= 15 is 0 Å². The summed E-state index contributed by atoms with van der Waals surface area (Å²) in [6, 6.07) is 12.2. The van der Waals surface area contributed by atoms with E-state index < -0.39 is 10.1 Å². The third kappa shape index (κ3) is 6.25. The predicted octanol–water partition coefficient (Wildman–Crippen LogP) is 5.34. The van der Waals surface area contributed by atoms with Crippen LogP contribution >= 0.6 is 0 Å². The molecule has 0 aliphatic rings. The van der Waals surface area contributed by atoms with E-state index in [0.717, 1.165) is 16.7 Å². The van der Waals surface area contributed by atoms with Crippen LogP contribution in [0.15, 0.2) is 47.4 Å². The summed E-state index contributed by atoms with van der Waals surface area (Å²) >= 11 is 0. The zero-order valence-electron chi connectivity index (χ0n) is 22.7. The van der Waals surface area contributed by atoms with Crippen molar-refractivity contribution in [1.29, 1.82) is 0 Å². The van der Waals surface area contributed by atoms with Crippen molar-refractivity contribution in [2.45, 2.75) is 31.6 Å². The largest absolute Gasteiger partial charge is 0.493 e. The van der Waals surface area contributed by atoms with Crippen molar-refractivity contribution in [1.82, 2.24) is 0 Å². The van der Waals surface area contributed by atoms with Crippen molar-refractivity contribution in [3.05, 3.63) is 59.2 Å². The summed E-state index contributed by atoms with van der Waals surface area (Å²) in [5, 5.41) is 0. The molecule has 0 fully saturated rings. The number of hydrogen-bond acceptors (Lipinski definition) is 9. The van der Waals surface area contributed by atoms with Gasteiger partial charge in [0.05, 0.1) is 42.2 Å². The maximum atomic E-state index is 12.7. The van der Waals surface area contributed by atoms with Crippen LogP contribution in [-0.2, 0) is 27.1 Å². The Kier molecular flexibility index (Phi) is 9.71. The lowest BCUT2D eigenvalue weighted by Crippen LogP contribution is -2.08. The smallest absolute Gasteiger partial charge is 0.300 e.